The zero-order valence-electron chi connectivity index (χ0n) is 14.7. The van der Waals surface area contributed by atoms with Crippen LogP contribution in [0.1, 0.15) is 31.8 Å². The van der Waals surface area contributed by atoms with Crippen LogP contribution in [0.2, 0.25) is 0 Å². The van der Waals surface area contributed by atoms with Gasteiger partial charge >= 0.3 is 0 Å². The van der Waals surface area contributed by atoms with E-state index in [1.165, 1.54) is 0 Å². The summed E-state index contributed by atoms with van der Waals surface area (Å²) in [4.78, 5) is 24.6. The summed E-state index contributed by atoms with van der Waals surface area (Å²) in [7, 11) is 0. The third-order valence-corrected chi connectivity index (χ3v) is 4.05. The molecular formula is C22H20N2O2. The van der Waals surface area contributed by atoms with Crippen molar-refractivity contribution in [1.82, 2.24) is 0 Å². The summed E-state index contributed by atoms with van der Waals surface area (Å²) in [5.74, 6) is -0.320. The van der Waals surface area contributed by atoms with Crippen LogP contribution >= 0.6 is 0 Å². The number of aryl methyl sites for hydroxylation is 2. The van der Waals surface area contributed by atoms with Crippen LogP contribution in [0, 0.1) is 13.8 Å². The fourth-order valence-electron chi connectivity index (χ4n) is 2.66. The molecule has 0 radical (unpaired) electrons. The van der Waals surface area contributed by atoms with E-state index in [-0.39, 0.29) is 11.8 Å². The highest BCUT2D eigenvalue weighted by Gasteiger charge is 2.10. The van der Waals surface area contributed by atoms with Gasteiger partial charge in [0.15, 0.2) is 0 Å². The first kappa shape index (κ1) is 17.4. The minimum absolute atomic E-state index is 0.158. The first-order chi connectivity index (χ1) is 12.5. The van der Waals surface area contributed by atoms with Crippen LogP contribution in [0.25, 0.3) is 0 Å². The maximum absolute atomic E-state index is 12.3. The quantitative estimate of drug-likeness (QED) is 0.714. The lowest BCUT2D eigenvalue weighted by molar-refractivity contribution is 0.101. The zero-order valence-corrected chi connectivity index (χ0v) is 14.7. The Bertz CT molecular complexity index is 949. The van der Waals surface area contributed by atoms with Crippen molar-refractivity contribution in [3.63, 3.8) is 0 Å². The molecule has 3 rings (SSSR count). The van der Waals surface area contributed by atoms with E-state index in [0.717, 1.165) is 11.1 Å². The van der Waals surface area contributed by atoms with Crippen LogP contribution in [-0.4, -0.2) is 11.8 Å². The summed E-state index contributed by atoms with van der Waals surface area (Å²) < 4.78 is 0. The van der Waals surface area contributed by atoms with Crippen molar-refractivity contribution in [1.29, 1.82) is 0 Å². The highest BCUT2D eigenvalue weighted by Crippen LogP contribution is 2.21. The minimum Gasteiger partial charge on any atom is -0.322 e. The summed E-state index contributed by atoms with van der Waals surface area (Å²) in [6, 6.07) is 21.9. The van der Waals surface area contributed by atoms with Crippen molar-refractivity contribution >= 4 is 23.2 Å². The SMILES string of the molecule is Cc1cccc(C(=O)Nc2ccc(NC(=O)c3ccccc3)c(C)c2)c1. The number of hydrogen-bond donors (Lipinski definition) is 2. The molecule has 0 spiro atoms. The summed E-state index contributed by atoms with van der Waals surface area (Å²) in [5, 5.41) is 5.78. The van der Waals surface area contributed by atoms with Gasteiger partial charge in [0, 0.05) is 22.5 Å². The number of rotatable bonds is 4. The number of hydrogen-bond acceptors (Lipinski definition) is 2. The van der Waals surface area contributed by atoms with Gasteiger partial charge in [-0.1, -0.05) is 35.9 Å². The predicted molar refractivity (Wildman–Crippen MR) is 105 cm³/mol. The summed E-state index contributed by atoms with van der Waals surface area (Å²) in [6.07, 6.45) is 0. The molecule has 0 saturated carbocycles. The molecule has 4 nitrogen and oxygen atoms in total. The van der Waals surface area contributed by atoms with Gasteiger partial charge in [0.2, 0.25) is 0 Å². The van der Waals surface area contributed by atoms with E-state index in [4.69, 9.17) is 0 Å². The Morgan fingerprint density at radius 2 is 1.38 bits per heavy atom. The van der Waals surface area contributed by atoms with Crippen molar-refractivity contribution in [3.05, 3.63) is 95.1 Å². The summed E-state index contributed by atoms with van der Waals surface area (Å²) in [6.45, 7) is 3.84. The number of anilines is 2. The van der Waals surface area contributed by atoms with Crippen molar-refractivity contribution < 1.29 is 9.59 Å². The lowest BCUT2D eigenvalue weighted by Gasteiger charge is -2.11. The predicted octanol–water partition coefficient (Wildman–Crippen LogP) is 4.81. The average molecular weight is 344 g/mol. The molecule has 0 fully saturated rings. The Labute approximate surface area is 152 Å². The van der Waals surface area contributed by atoms with E-state index in [9.17, 15) is 9.59 Å². The fraction of sp³-hybridized carbons (Fsp3) is 0.0909. The fourth-order valence-corrected chi connectivity index (χ4v) is 2.66. The Morgan fingerprint density at radius 1 is 0.692 bits per heavy atom. The largest absolute Gasteiger partial charge is 0.322 e. The molecule has 4 heteroatoms. The van der Waals surface area contributed by atoms with Crippen LogP contribution in [-0.2, 0) is 0 Å². The standard InChI is InChI=1S/C22H20N2O2/c1-15-7-6-10-18(13-15)22(26)23-19-11-12-20(16(2)14-19)24-21(25)17-8-4-3-5-9-17/h3-14H,1-2H3,(H,23,26)(H,24,25). The number of carbonyl (C=O) groups is 2. The molecule has 0 aliphatic heterocycles. The van der Waals surface area contributed by atoms with Crippen molar-refractivity contribution in [2.45, 2.75) is 13.8 Å². The van der Waals surface area contributed by atoms with E-state index in [0.29, 0.717) is 22.5 Å². The molecule has 0 atom stereocenters. The number of benzene rings is 3. The molecule has 0 aliphatic rings. The third-order valence-electron chi connectivity index (χ3n) is 4.05. The van der Waals surface area contributed by atoms with Crippen LogP contribution in [0.4, 0.5) is 11.4 Å². The van der Waals surface area contributed by atoms with Gasteiger partial charge in [0.1, 0.15) is 0 Å². The number of carbonyl (C=O) groups excluding carboxylic acids is 2. The lowest BCUT2D eigenvalue weighted by atomic mass is 10.1. The molecule has 3 aromatic carbocycles. The van der Waals surface area contributed by atoms with Crippen LogP contribution < -0.4 is 10.6 Å². The zero-order chi connectivity index (χ0) is 18.5. The number of amides is 2. The second-order valence-electron chi connectivity index (χ2n) is 6.17. The second kappa shape index (κ2) is 7.66. The summed E-state index contributed by atoms with van der Waals surface area (Å²) in [5.41, 5.74) is 4.52. The molecule has 0 heterocycles. The molecular weight excluding hydrogens is 324 g/mol. The lowest BCUT2D eigenvalue weighted by Crippen LogP contribution is -2.14. The van der Waals surface area contributed by atoms with E-state index >= 15 is 0 Å². The van der Waals surface area contributed by atoms with Gasteiger partial charge in [0.25, 0.3) is 11.8 Å². The minimum atomic E-state index is -0.162. The molecule has 3 aromatic rings. The van der Waals surface area contributed by atoms with Crippen LogP contribution in [0.3, 0.4) is 0 Å². The van der Waals surface area contributed by atoms with Crippen LogP contribution in [0.15, 0.2) is 72.8 Å². The first-order valence-corrected chi connectivity index (χ1v) is 8.38. The maximum Gasteiger partial charge on any atom is 0.255 e. The van der Waals surface area contributed by atoms with E-state index in [1.807, 2.05) is 56.3 Å². The Morgan fingerprint density at radius 3 is 2.08 bits per heavy atom. The van der Waals surface area contributed by atoms with Crippen molar-refractivity contribution in [2.24, 2.45) is 0 Å². The molecule has 0 bridgehead atoms. The molecule has 0 aliphatic carbocycles. The molecule has 2 N–H and O–H groups in total. The van der Waals surface area contributed by atoms with Gasteiger partial charge in [-0.15, -0.1) is 0 Å². The molecule has 0 saturated heterocycles. The average Bonchev–Trinajstić information content (AvgIpc) is 2.64. The van der Waals surface area contributed by atoms with E-state index < -0.39 is 0 Å². The molecule has 0 unspecified atom stereocenters. The molecule has 0 aromatic heterocycles. The number of nitrogens with one attached hydrogen (secondary N) is 2. The third kappa shape index (κ3) is 4.16. The van der Waals surface area contributed by atoms with Gasteiger partial charge in [0.05, 0.1) is 0 Å². The van der Waals surface area contributed by atoms with Gasteiger partial charge in [-0.2, -0.15) is 0 Å². The Kier molecular flexibility index (Phi) is 5.13. The highest BCUT2D eigenvalue weighted by atomic mass is 16.2. The Hall–Kier alpha value is -3.40. The summed E-state index contributed by atoms with van der Waals surface area (Å²) >= 11 is 0. The molecule has 2 amide bonds. The molecule has 130 valence electrons. The van der Waals surface area contributed by atoms with Gasteiger partial charge in [-0.05, 0) is 61.9 Å². The van der Waals surface area contributed by atoms with Crippen molar-refractivity contribution in [2.75, 3.05) is 10.6 Å². The topological polar surface area (TPSA) is 58.2 Å². The highest BCUT2D eigenvalue weighted by molar-refractivity contribution is 6.06. The van der Waals surface area contributed by atoms with Gasteiger partial charge in [-0.25, -0.2) is 0 Å². The first-order valence-electron chi connectivity index (χ1n) is 8.38. The van der Waals surface area contributed by atoms with Crippen molar-refractivity contribution in [3.8, 4) is 0 Å². The van der Waals surface area contributed by atoms with Crippen LogP contribution in [0.5, 0.6) is 0 Å². The smallest absolute Gasteiger partial charge is 0.255 e. The monoisotopic (exact) mass is 344 g/mol. The van der Waals surface area contributed by atoms with E-state index in [2.05, 4.69) is 10.6 Å². The van der Waals surface area contributed by atoms with Gasteiger partial charge in [-0.3, -0.25) is 9.59 Å². The second-order valence-corrected chi connectivity index (χ2v) is 6.17. The van der Waals surface area contributed by atoms with E-state index in [1.54, 1.807) is 30.3 Å². The Balaban J connectivity index is 1.71. The van der Waals surface area contributed by atoms with Gasteiger partial charge < -0.3 is 10.6 Å². The normalized spacial score (nSPS) is 10.2. The maximum atomic E-state index is 12.3. The molecule has 26 heavy (non-hydrogen) atoms.